The lowest BCUT2D eigenvalue weighted by Gasteiger charge is -1.91. The van der Waals surface area contributed by atoms with Crippen molar-refractivity contribution in [3.63, 3.8) is 0 Å². The van der Waals surface area contributed by atoms with Crippen LogP contribution >= 0.6 is 11.3 Å². The summed E-state index contributed by atoms with van der Waals surface area (Å²) in [6, 6.07) is 5.14. The Labute approximate surface area is 94.8 Å². The number of thiazole rings is 1. The number of fused-ring (bicyclic) bond motifs is 1. The first-order valence-corrected chi connectivity index (χ1v) is 5.27. The molecule has 0 aliphatic heterocycles. The Bertz CT molecular complexity index is 599. The van der Waals surface area contributed by atoms with E-state index < -0.39 is 0 Å². The second kappa shape index (κ2) is 4.22. The van der Waals surface area contributed by atoms with Crippen LogP contribution in [0.2, 0.25) is 0 Å². The second-order valence-corrected chi connectivity index (χ2v) is 4.09. The van der Waals surface area contributed by atoms with Crippen molar-refractivity contribution in [1.82, 2.24) is 4.98 Å². The van der Waals surface area contributed by atoms with Crippen molar-refractivity contribution in [3.8, 4) is 0 Å². The van der Waals surface area contributed by atoms with Crippen molar-refractivity contribution in [3.05, 3.63) is 18.2 Å². The largest absolute Gasteiger partial charge is 0.302 e. The first-order chi connectivity index (χ1) is 7.69. The zero-order chi connectivity index (χ0) is 11.5. The van der Waals surface area contributed by atoms with Gasteiger partial charge in [0.1, 0.15) is 0 Å². The summed E-state index contributed by atoms with van der Waals surface area (Å²) in [6.07, 6.45) is 1.48. The summed E-state index contributed by atoms with van der Waals surface area (Å²) in [5.74, 6) is -0.162. The Morgan fingerprint density at radius 2 is 2.38 bits per heavy atom. The fourth-order valence-electron chi connectivity index (χ4n) is 1.24. The third-order valence-corrected chi connectivity index (χ3v) is 2.76. The van der Waals surface area contributed by atoms with Gasteiger partial charge in [0, 0.05) is 6.92 Å². The Morgan fingerprint density at radius 1 is 1.56 bits per heavy atom. The molecule has 0 saturated carbocycles. The standard InChI is InChI=1S/C10H7N3O2S/c1-6(15)12-10-13-8-3-2-7(11-5-14)4-9(8)16-10/h2-4H,1H3,(H,12,13,15). The van der Waals surface area contributed by atoms with Crippen LogP contribution in [0.5, 0.6) is 0 Å². The second-order valence-electron chi connectivity index (χ2n) is 3.06. The Morgan fingerprint density at radius 3 is 3.06 bits per heavy atom. The number of amides is 1. The van der Waals surface area contributed by atoms with Crippen molar-refractivity contribution in [1.29, 1.82) is 0 Å². The van der Waals surface area contributed by atoms with Gasteiger partial charge in [-0.2, -0.15) is 4.99 Å². The first kappa shape index (κ1) is 10.5. The number of aliphatic imine (C=N–C) groups is 1. The number of aromatic nitrogens is 1. The van der Waals surface area contributed by atoms with Crippen molar-refractivity contribution >= 4 is 44.4 Å². The van der Waals surface area contributed by atoms with Gasteiger partial charge < -0.3 is 5.32 Å². The van der Waals surface area contributed by atoms with Crippen LogP contribution in [0.25, 0.3) is 10.2 Å². The molecule has 2 aromatic rings. The molecule has 1 aromatic carbocycles. The van der Waals surface area contributed by atoms with Crippen LogP contribution in [0.4, 0.5) is 10.8 Å². The zero-order valence-electron chi connectivity index (χ0n) is 8.35. The van der Waals surface area contributed by atoms with Gasteiger partial charge in [-0.25, -0.2) is 9.78 Å². The van der Waals surface area contributed by atoms with E-state index in [0.29, 0.717) is 10.8 Å². The zero-order valence-corrected chi connectivity index (χ0v) is 9.17. The molecule has 0 radical (unpaired) electrons. The number of anilines is 1. The predicted octanol–water partition coefficient (Wildman–Crippen LogP) is 2.22. The maximum absolute atomic E-state index is 10.8. The lowest BCUT2D eigenvalue weighted by atomic mass is 10.3. The fraction of sp³-hybridized carbons (Fsp3) is 0.100. The number of nitrogens with zero attached hydrogens (tertiary/aromatic N) is 2. The molecular formula is C10H7N3O2S. The molecule has 80 valence electrons. The minimum Gasteiger partial charge on any atom is -0.302 e. The van der Waals surface area contributed by atoms with E-state index in [1.165, 1.54) is 24.3 Å². The molecule has 1 amide bonds. The highest BCUT2D eigenvalue weighted by molar-refractivity contribution is 7.22. The van der Waals surface area contributed by atoms with E-state index in [9.17, 15) is 9.59 Å². The van der Waals surface area contributed by atoms with Crippen LogP contribution < -0.4 is 5.32 Å². The van der Waals surface area contributed by atoms with Crippen molar-refractivity contribution in [2.75, 3.05) is 5.32 Å². The topological polar surface area (TPSA) is 71.4 Å². The van der Waals surface area contributed by atoms with Gasteiger partial charge in [-0.3, -0.25) is 4.79 Å². The smallest absolute Gasteiger partial charge is 0.240 e. The number of hydrogen-bond donors (Lipinski definition) is 1. The average molecular weight is 233 g/mol. The maximum atomic E-state index is 10.8. The molecule has 0 aliphatic carbocycles. The number of isocyanates is 1. The minimum atomic E-state index is -0.162. The molecule has 6 heteroatoms. The lowest BCUT2D eigenvalue weighted by molar-refractivity contribution is -0.114. The van der Waals surface area contributed by atoms with Gasteiger partial charge in [-0.15, -0.1) is 0 Å². The van der Waals surface area contributed by atoms with E-state index in [0.717, 1.165) is 10.2 Å². The molecule has 1 heterocycles. The first-order valence-electron chi connectivity index (χ1n) is 4.45. The van der Waals surface area contributed by atoms with E-state index in [2.05, 4.69) is 15.3 Å². The highest BCUT2D eigenvalue weighted by Crippen LogP contribution is 2.29. The van der Waals surface area contributed by atoms with E-state index in [1.807, 2.05) is 0 Å². The Balaban J connectivity index is 2.45. The molecule has 0 aliphatic rings. The highest BCUT2D eigenvalue weighted by atomic mass is 32.1. The monoisotopic (exact) mass is 233 g/mol. The summed E-state index contributed by atoms with van der Waals surface area (Å²) >= 11 is 1.33. The van der Waals surface area contributed by atoms with Crippen LogP contribution in [0.15, 0.2) is 23.2 Å². The normalized spacial score (nSPS) is 9.81. The lowest BCUT2D eigenvalue weighted by Crippen LogP contribution is -2.04. The molecule has 1 N–H and O–H groups in total. The minimum absolute atomic E-state index is 0.162. The van der Waals surface area contributed by atoms with Crippen LogP contribution in [0.1, 0.15) is 6.92 Å². The molecule has 0 bridgehead atoms. The van der Waals surface area contributed by atoms with Gasteiger partial charge in [0.2, 0.25) is 12.0 Å². The van der Waals surface area contributed by atoms with E-state index in [-0.39, 0.29) is 5.91 Å². The molecule has 0 unspecified atom stereocenters. The summed E-state index contributed by atoms with van der Waals surface area (Å²) in [5.41, 5.74) is 1.29. The number of hydrogen-bond acceptors (Lipinski definition) is 5. The summed E-state index contributed by atoms with van der Waals surface area (Å²) < 4.78 is 0.861. The summed E-state index contributed by atoms with van der Waals surface area (Å²) in [6.45, 7) is 1.42. The van der Waals surface area contributed by atoms with E-state index in [4.69, 9.17) is 0 Å². The molecular weight excluding hydrogens is 226 g/mol. The molecule has 0 atom stereocenters. The van der Waals surface area contributed by atoms with Gasteiger partial charge >= 0.3 is 0 Å². The summed E-state index contributed by atoms with van der Waals surface area (Å²) in [5, 5.41) is 3.14. The molecule has 0 fully saturated rings. The van der Waals surface area contributed by atoms with Crippen molar-refractivity contribution in [2.45, 2.75) is 6.92 Å². The Kier molecular flexibility index (Phi) is 2.76. The van der Waals surface area contributed by atoms with Crippen molar-refractivity contribution in [2.24, 2.45) is 4.99 Å². The number of rotatable bonds is 2. The number of benzene rings is 1. The fourth-order valence-corrected chi connectivity index (χ4v) is 2.18. The van der Waals surface area contributed by atoms with Gasteiger partial charge in [0.25, 0.3) is 0 Å². The van der Waals surface area contributed by atoms with Crippen LogP contribution in [0.3, 0.4) is 0 Å². The van der Waals surface area contributed by atoms with Gasteiger partial charge in [0.15, 0.2) is 5.13 Å². The maximum Gasteiger partial charge on any atom is 0.240 e. The third kappa shape index (κ3) is 2.13. The van der Waals surface area contributed by atoms with Crippen molar-refractivity contribution < 1.29 is 9.59 Å². The van der Waals surface area contributed by atoms with Crippen LogP contribution in [0, 0.1) is 0 Å². The SMILES string of the molecule is CC(=O)Nc1nc2ccc(N=C=O)cc2s1. The van der Waals surface area contributed by atoms with Gasteiger partial charge in [0.05, 0.1) is 15.9 Å². The van der Waals surface area contributed by atoms with Crippen LogP contribution in [-0.4, -0.2) is 17.0 Å². The Hall–Kier alpha value is -2.04. The molecule has 16 heavy (non-hydrogen) atoms. The predicted molar refractivity (Wildman–Crippen MR) is 61.7 cm³/mol. The van der Waals surface area contributed by atoms with Crippen LogP contribution in [-0.2, 0) is 9.59 Å². The third-order valence-electron chi connectivity index (χ3n) is 1.83. The summed E-state index contributed by atoms with van der Waals surface area (Å²) in [4.78, 5) is 28.7. The van der Waals surface area contributed by atoms with E-state index >= 15 is 0 Å². The number of carbonyl (C=O) groups excluding carboxylic acids is 2. The molecule has 0 saturated heterocycles. The number of nitrogens with one attached hydrogen (secondary N) is 1. The molecule has 2 rings (SSSR count). The molecule has 5 nitrogen and oxygen atoms in total. The number of carbonyl (C=O) groups is 1. The highest BCUT2D eigenvalue weighted by Gasteiger charge is 2.05. The average Bonchev–Trinajstić information content (AvgIpc) is 2.58. The van der Waals surface area contributed by atoms with Gasteiger partial charge in [-0.1, -0.05) is 11.3 Å². The van der Waals surface area contributed by atoms with Gasteiger partial charge in [-0.05, 0) is 18.2 Å². The molecule has 0 spiro atoms. The quantitative estimate of drug-likeness (QED) is 0.638. The summed E-state index contributed by atoms with van der Waals surface area (Å²) in [7, 11) is 0. The van der Waals surface area contributed by atoms with E-state index in [1.54, 1.807) is 18.2 Å². The molecule has 1 aromatic heterocycles.